The van der Waals surface area contributed by atoms with Gasteiger partial charge in [0.05, 0.1) is 43.8 Å². The first-order valence-corrected chi connectivity index (χ1v) is 10.8. The molecular weight excluding hydrogens is 470 g/mol. The van der Waals surface area contributed by atoms with Crippen LogP contribution in [0.1, 0.15) is 6.92 Å². The quantitative estimate of drug-likeness (QED) is 0.562. The van der Waals surface area contributed by atoms with Crippen LogP contribution in [-0.4, -0.2) is 38.8 Å². The second kappa shape index (κ2) is 9.52. The van der Waals surface area contributed by atoms with Crippen LogP contribution in [0.15, 0.2) is 35.2 Å². The average molecular weight is 486 g/mol. The SMILES string of the molecule is CCOc1ccc(S(=O)(=O)N(C)CC(=O)Nc2cc(Cl)c(Cl)cc2Cl)cc1Cl. The van der Waals surface area contributed by atoms with Crippen molar-refractivity contribution in [1.29, 1.82) is 0 Å². The molecule has 0 saturated carbocycles. The summed E-state index contributed by atoms with van der Waals surface area (Å²) in [6.07, 6.45) is 0. The van der Waals surface area contributed by atoms with Crippen molar-refractivity contribution in [1.82, 2.24) is 4.31 Å². The van der Waals surface area contributed by atoms with Crippen molar-refractivity contribution in [3.05, 3.63) is 50.4 Å². The Bertz CT molecular complexity index is 999. The summed E-state index contributed by atoms with van der Waals surface area (Å²) >= 11 is 23.8. The summed E-state index contributed by atoms with van der Waals surface area (Å²) < 4.78 is 31.6. The second-order valence-corrected chi connectivity index (χ2v) is 9.25. The van der Waals surface area contributed by atoms with Crippen LogP contribution < -0.4 is 10.1 Å². The maximum absolute atomic E-state index is 12.7. The fraction of sp³-hybridized carbons (Fsp3) is 0.235. The highest BCUT2D eigenvalue weighted by atomic mass is 35.5. The predicted molar refractivity (Wildman–Crippen MR) is 113 cm³/mol. The van der Waals surface area contributed by atoms with E-state index in [0.717, 1.165) is 4.31 Å². The minimum absolute atomic E-state index is 0.0659. The third-order valence-corrected chi connectivity index (χ3v) is 6.69. The number of benzene rings is 2. The van der Waals surface area contributed by atoms with Crippen LogP contribution in [0, 0.1) is 0 Å². The minimum Gasteiger partial charge on any atom is -0.492 e. The van der Waals surface area contributed by atoms with Gasteiger partial charge in [-0.2, -0.15) is 4.31 Å². The van der Waals surface area contributed by atoms with E-state index in [-0.39, 0.29) is 30.7 Å². The maximum Gasteiger partial charge on any atom is 0.243 e. The topological polar surface area (TPSA) is 75.7 Å². The van der Waals surface area contributed by atoms with E-state index < -0.39 is 22.5 Å². The van der Waals surface area contributed by atoms with E-state index in [0.29, 0.717) is 12.4 Å². The van der Waals surface area contributed by atoms with E-state index in [4.69, 9.17) is 51.1 Å². The van der Waals surface area contributed by atoms with Gasteiger partial charge in [0.15, 0.2) is 0 Å². The normalized spacial score (nSPS) is 11.5. The molecule has 0 aliphatic heterocycles. The number of hydrogen-bond donors (Lipinski definition) is 1. The molecule has 11 heteroatoms. The largest absolute Gasteiger partial charge is 0.492 e. The number of carbonyl (C=O) groups excluding carboxylic acids is 1. The van der Waals surface area contributed by atoms with Crippen molar-refractivity contribution >= 4 is 68.0 Å². The molecule has 1 amide bonds. The van der Waals surface area contributed by atoms with Crippen molar-refractivity contribution in [2.75, 3.05) is 25.5 Å². The first kappa shape index (κ1) is 23.1. The molecule has 0 saturated heterocycles. The molecule has 0 bridgehead atoms. The smallest absolute Gasteiger partial charge is 0.243 e. The lowest BCUT2D eigenvalue weighted by atomic mass is 10.3. The fourth-order valence-corrected chi connectivity index (χ4v) is 4.24. The Labute approximate surface area is 183 Å². The number of anilines is 1. The van der Waals surface area contributed by atoms with Gasteiger partial charge in [-0.25, -0.2) is 8.42 Å². The van der Waals surface area contributed by atoms with E-state index in [9.17, 15) is 13.2 Å². The molecule has 28 heavy (non-hydrogen) atoms. The van der Waals surface area contributed by atoms with Gasteiger partial charge >= 0.3 is 0 Å². The molecule has 0 radical (unpaired) electrons. The molecule has 6 nitrogen and oxygen atoms in total. The zero-order valence-corrected chi connectivity index (χ0v) is 18.6. The molecule has 0 spiro atoms. The second-order valence-electron chi connectivity index (χ2n) is 5.58. The molecule has 0 unspecified atom stereocenters. The van der Waals surface area contributed by atoms with Crippen molar-refractivity contribution in [2.24, 2.45) is 0 Å². The molecule has 152 valence electrons. The number of sulfonamides is 1. The van der Waals surface area contributed by atoms with E-state index in [2.05, 4.69) is 5.32 Å². The van der Waals surface area contributed by atoms with Crippen LogP contribution in [0.5, 0.6) is 5.75 Å². The lowest BCUT2D eigenvalue weighted by Crippen LogP contribution is -2.35. The van der Waals surface area contributed by atoms with Crippen LogP contribution in [0.4, 0.5) is 5.69 Å². The zero-order chi connectivity index (χ0) is 21.1. The van der Waals surface area contributed by atoms with E-state index >= 15 is 0 Å². The standard InChI is InChI=1S/C17H16Cl4N2O4S/c1-3-27-16-5-4-10(6-14(16)21)28(25,26)23(2)9-17(24)22-15-8-12(19)11(18)7-13(15)20/h4-8H,3,9H2,1-2H3,(H,22,24). The van der Waals surface area contributed by atoms with E-state index in [1.54, 1.807) is 6.92 Å². The number of nitrogens with one attached hydrogen (secondary N) is 1. The molecule has 0 atom stereocenters. The van der Waals surface area contributed by atoms with Gasteiger partial charge in [0, 0.05) is 7.05 Å². The number of nitrogens with zero attached hydrogens (tertiary/aromatic N) is 1. The van der Waals surface area contributed by atoms with Crippen LogP contribution in [0.25, 0.3) is 0 Å². The Morgan fingerprint density at radius 2 is 1.68 bits per heavy atom. The third kappa shape index (κ3) is 5.43. The summed E-state index contributed by atoms with van der Waals surface area (Å²) in [4.78, 5) is 12.2. The molecule has 0 aliphatic carbocycles. The number of hydrogen-bond acceptors (Lipinski definition) is 4. The Kier molecular flexibility index (Phi) is 7.84. The van der Waals surface area contributed by atoms with Crippen LogP contribution in [0.3, 0.4) is 0 Å². The number of rotatable bonds is 7. The zero-order valence-electron chi connectivity index (χ0n) is 14.8. The lowest BCUT2D eigenvalue weighted by Gasteiger charge is -2.18. The van der Waals surface area contributed by atoms with Gasteiger partial charge in [-0.05, 0) is 37.3 Å². The monoisotopic (exact) mass is 484 g/mol. The van der Waals surface area contributed by atoms with Gasteiger partial charge in [-0.15, -0.1) is 0 Å². The number of halogens is 4. The first-order valence-electron chi connectivity index (χ1n) is 7.89. The van der Waals surface area contributed by atoms with Crippen LogP contribution in [0.2, 0.25) is 20.1 Å². The highest BCUT2D eigenvalue weighted by molar-refractivity contribution is 7.89. The molecule has 0 aromatic heterocycles. The van der Waals surface area contributed by atoms with Crippen molar-refractivity contribution in [2.45, 2.75) is 11.8 Å². The molecule has 0 fully saturated rings. The molecule has 0 heterocycles. The van der Waals surface area contributed by atoms with Gasteiger partial charge in [0.25, 0.3) is 0 Å². The molecule has 1 N–H and O–H groups in total. The lowest BCUT2D eigenvalue weighted by molar-refractivity contribution is -0.116. The average Bonchev–Trinajstić information content (AvgIpc) is 2.61. The first-order chi connectivity index (χ1) is 13.1. The molecule has 2 rings (SSSR count). The Hall–Kier alpha value is -1.22. The maximum atomic E-state index is 12.7. The van der Waals surface area contributed by atoms with Crippen molar-refractivity contribution in [3.63, 3.8) is 0 Å². The van der Waals surface area contributed by atoms with Gasteiger partial charge in [0.2, 0.25) is 15.9 Å². The van der Waals surface area contributed by atoms with Gasteiger partial charge in [0.1, 0.15) is 5.75 Å². The van der Waals surface area contributed by atoms with Crippen LogP contribution >= 0.6 is 46.4 Å². The number of amides is 1. The van der Waals surface area contributed by atoms with Crippen LogP contribution in [-0.2, 0) is 14.8 Å². The van der Waals surface area contributed by atoms with Crippen molar-refractivity contribution in [3.8, 4) is 5.75 Å². The summed E-state index contributed by atoms with van der Waals surface area (Å²) in [5.41, 5.74) is 0.218. The van der Waals surface area contributed by atoms with E-state index in [1.165, 1.54) is 37.4 Å². The number of carbonyl (C=O) groups is 1. The Morgan fingerprint density at radius 1 is 1.04 bits per heavy atom. The van der Waals surface area contributed by atoms with Gasteiger partial charge < -0.3 is 10.1 Å². The third-order valence-electron chi connectivity index (χ3n) is 3.56. The van der Waals surface area contributed by atoms with Gasteiger partial charge in [-0.1, -0.05) is 46.4 Å². The van der Waals surface area contributed by atoms with Gasteiger partial charge in [-0.3, -0.25) is 4.79 Å². The van der Waals surface area contributed by atoms with Crippen molar-refractivity contribution < 1.29 is 17.9 Å². The highest BCUT2D eigenvalue weighted by Crippen LogP contribution is 2.32. The highest BCUT2D eigenvalue weighted by Gasteiger charge is 2.24. The summed E-state index contributed by atoms with van der Waals surface area (Å²) in [6.45, 7) is 1.72. The molecule has 0 aliphatic rings. The summed E-state index contributed by atoms with van der Waals surface area (Å²) in [6, 6.07) is 6.85. The fourth-order valence-electron chi connectivity index (χ4n) is 2.19. The minimum atomic E-state index is -3.95. The molecule has 2 aromatic rings. The predicted octanol–water partition coefficient (Wildman–Crippen LogP) is 4.96. The number of likely N-dealkylation sites (N-methyl/N-ethyl adjacent to an activating group) is 1. The molecular formula is C17H16Cl4N2O4S. The number of ether oxygens (including phenoxy) is 1. The summed E-state index contributed by atoms with van der Waals surface area (Å²) in [7, 11) is -2.68. The Morgan fingerprint density at radius 3 is 2.29 bits per heavy atom. The van der Waals surface area contributed by atoms with E-state index in [1.807, 2.05) is 0 Å². The molecule has 2 aromatic carbocycles. The summed E-state index contributed by atoms with van der Waals surface area (Å²) in [5, 5.41) is 3.27. The Balaban J connectivity index is 2.14. The summed E-state index contributed by atoms with van der Waals surface area (Å²) in [5.74, 6) is -0.235.